The van der Waals surface area contributed by atoms with Crippen molar-refractivity contribution in [1.29, 1.82) is 0 Å². The van der Waals surface area contributed by atoms with Crippen LogP contribution in [-0.2, 0) is 104 Å². The van der Waals surface area contributed by atoms with E-state index < -0.39 is 184 Å². The van der Waals surface area contributed by atoms with Crippen molar-refractivity contribution in [2.75, 3.05) is 138 Å². The van der Waals surface area contributed by atoms with Crippen molar-refractivity contribution in [2.24, 2.45) is 11.8 Å². The van der Waals surface area contributed by atoms with Crippen LogP contribution in [0.2, 0.25) is 0 Å². The van der Waals surface area contributed by atoms with E-state index >= 15 is 0 Å². The van der Waals surface area contributed by atoms with Crippen LogP contribution in [0.15, 0.2) is 0 Å². The molecule has 43 nitrogen and oxygen atoms in total. The average Bonchev–Trinajstić information content (AvgIpc) is 0.861. The second-order valence-electron chi connectivity index (χ2n) is 33.0. The van der Waals surface area contributed by atoms with Crippen molar-refractivity contribution in [3.63, 3.8) is 0 Å². The van der Waals surface area contributed by atoms with Crippen LogP contribution < -0.4 is 31.9 Å². The third-order valence-electron chi connectivity index (χ3n) is 22.4. The minimum absolute atomic E-state index is 0.00152. The predicted octanol–water partition coefficient (Wildman–Crippen LogP) is -0.0549. The molecule has 0 bridgehead atoms. The van der Waals surface area contributed by atoms with Gasteiger partial charge in [-0.15, -0.1) is 0 Å². The molecule has 0 spiro atoms. The van der Waals surface area contributed by atoms with Crippen molar-refractivity contribution >= 4 is 68.8 Å². The van der Waals surface area contributed by atoms with Gasteiger partial charge in [-0.05, 0) is 108 Å². The highest BCUT2D eigenvalue weighted by Gasteiger charge is 2.48. The summed E-state index contributed by atoms with van der Waals surface area (Å²) in [5.74, 6) is -2.00. The Morgan fingerprint density at radius 3 is 0.961 bits per heavy atom. The molecule has 18 N–H and O–H groups in total. The molecule has 738 valence electrons. The highest BCUT2D eigenvalue weighted by atomic mass is 31.2. The van der Waals surface area contributed by atoms with Crippen LogP contribution in [0, 0.1) is 11.8 Å². The summed E-state index contributed by atoms with van der Waals surface area (Å²) in [6.07, 6.45) is -0.482. The van der Waals surface area contributed by atoms with Crippen LogP contribution >= 0.6 is 15.6 Å². The number of rotatable bonds is 68. The lowest BCUT2D eigenvalue weighted by Crippen LogP contribution is -2.64. The van der Waals surface area contributed by atoms with E-state index in [9.17, 15) is 113 Å². The number of phosphoric acid groups is 2. The zero-order valence-electron chi connectivity index (χ0n) is 74.8. The molecule has 3 aliphatic heterocycles. The maximum absolute atomic E-state index is 13.9. The molecule has 4 aliphatic rings. The second kappa shape index (κ2) is 64.6. The number of nitrogens with zero attached hydrogens (tertiary/aromatic N) is 3. The molecule has 4 fully saturated rings. The Labute approximate surface area is 745 Å². The fraction of sp³-hybridized carbons (Fsp3) is 0.890. The van der Waals surface area contributed by atoms with E-state index in [1.165, 1.54) is 35.5 Å². The molecule has 9 amide bonds. The normalized spacial score (nSPS) is 25.4. The van der Waals surface area contributed by atoms with E-state index in [1.54, 1.807) is 0 Å². The van der Waals surface area contributed by atoms with Crippen LogP contribution in [0.3, 0.4) is 0 Å². The summed E-state index contributed by atoms with van der Waals surface area (Å²) < 4.78 is 88.2. The minimum atomic E-state index is -4.87. The molecule has 45 heteroatoms. The lowest BCUT2D eigenvalue weighted by atomic mass is 9.89. The summed E-state index contributed by atoms with van der Waals surface area (Å²) in [7, 11) is -9.74. The summed E-state index contributed by atoms with van der Waals surface area (Å²) in [5.41, 5.74) is 0. The van der Waals surface area contributed by atoms with Gasteiger partial charge in [0.05, 0.1) is 65.6 Å². The number of carbonyl (C=O) groups excluding carboxylic acids is 9. The van der Waals surface area contributed by atoms with Gasteiger partial charge in [0.2, 0.25) is 53.2 Å². The number of hydrogen-bond acceptors (Lipinski definition) is 32. The Morgan fingerprint density at radius 1 is 0.362 bits per heavy atom. The highest BCUT2D eigenvalue weighted by molar-refractivity contribution is 7.47. The van der Waals surface area contributed by atoms with Crippen molar-refractivity contribution in [3.8, 4) is 0 Å². The van der Waals surface area contributed by atoms with Gasteiger partial charge < -0.3 is 141 Å². The van der Waals surface area contributed by atoms with Crippen molar-refractivity contribution < 1.29 is 164 Å². The Kier molecular flexibility index (Phi) is 58.0. The number of phosphoric ester groups is 2. The van der Waals surface area contributed by atoms with Crippen LogP contribution in [0.4, 0.5) is 0 Å². The van der Waals surface area contributed by atoms with Crippen LogP contribution in [-0.4, -0.2) is 365 Å². The minimum Gasteiger partial charge on any atom is -0.395 e. The van der Waals surface area contributed by atoms with Gasteiger partial charge in [-0.25, -0.2) is 9.13 Å². The predicted molar refractivity (Wildman–Crippen MR) is 455 cm³/mol. The van der Waals surface area contributed by atoms with Crippen LogP contribution in [0.1, 0.15) is 221 Å². The van der Waals surface area contributed by atoms with Crippen molar-refractivity contribution in [2.45, 2.75) is 319 Å². The number of hydrogen-bond donors (Lipinski definition) is 18. The first-order valence-corrected chi connectivity index (χ1v) is 48.3. The monoisotopic (exact) mass is 1870 g/mol. The molecule has 19 atom stereocenters. The smallest absolute Gasteiger partial charge is 0.395 e. The number of unbranched alkanes of at least 4 members (excludes halogenated alkanes) is 12. The third-order valence-corrected chi connectivity index (χ3v) is 24.5. The van der Waals surface area contributed by atoms with Gasteiger partial charge in [0.1, 0.15) is 73.1 Å². The molecule has 19 unspecified atom stereocenters. The fourth-order valence-corrected chi connectivity index (χ4v) is 16.5. The first-order chi connectivity index (χ1) is 60.6. The second-order valence-corrected chi connectivity index (χ2v) is 35.9. The van der Waals surface area contributed by atoms with Gasteiger partial charge in [-0.3, -0.25) is 61.2 Å². The van der Waals surface area contributed by atoms with Gasteiger partial charge in [0.25, 0.3) is 0 Å². The first-order valence-electron chi connectivity index (χ1n) is 45.3. The number of carbonyl (C=O) groups is 9. The van der Waals surface area contributed by atoms with E-state index in [2.05, 4.69) is 45.7 Å². The first kappa shape index (κ1) is 114. The van der Waals surface area contributed by atoms with E-state index in [-0.39, 0.29) is 146 Å². The summed E-state index contributed by atoms with van der Waals surface area (Å²) in [6.45, 7) is 4.59. The molecule has 0 radical (unpaired) electrons. The topological polar surface area (TPSA) is 614 Å². The van der Waals surface area contributed by atoms with E-state index in [1.807, 2.05) is 0 Å². The van der Waals surface area contributed by atoms with E-state index in [0.717, 1.165) is 32.1 Å². The molecule has 1 saturated carbocycles. The number of amides is 9. The molecule has 3 saturated heterocycles. The Balaban J connectivity index is 1.25. The van der Waals surface area contributed by atoms with Gasteiger partial charge in [0.15, 0.2) is 18.9 Å². The molecule has 0 aromatic carbocycles. The molecule has 127 heavy (non-hydrogen) atoms. The zero-order chi connectivity index (χ0) is 93.7. The standard InChI is InChI=1S/C82H151N9O34P2/c1-56(2)60-25-24-26-61(34-33-60)115-48-39-90(69(103)31-16-7-19-36-84-66(100)28-13-10-22-46-117-81-72(87-58(4)97)78(109)75(106)63(54-94)124-81)41-50-120-127(113,114)122-52-43-91(70(104)32-17-8-20-37-85-67(101)29-14-11-23-47-118-82-73(88-59(5)98)79(110)76(107)64(55-95)125-82)42-51-121-126(111,112)119-49-40-89(38-44-92)68(102)30-15-6-18-35-83-65(99)27-12-9-21-45-116-80-71(86-57(3)96)77(108)74(105)62(53-93)123-80/h56,60-64,71-82,92-95,105-110H,6-55H2,1-5H3,(H,83,99)(H,84,100)(H,85,101)(H,86,96)(H,87,97)(H,88,98)(H,111,112)(H,113,114). The summed E-state index contributed by atoms with van der Waals surface area (Å²) in [5, 5.41) is 117. The molecule has 4 rings (SSSR count). The Bertz CT molecular complexity index is 3240. The Hall–Kier alpha value is -5.23. The summed E-state index contributed by atoms with van der Waals surface area (Å²) >= 11 is 0. The molecule has 0 aromatic heterocycles. The maximum Gasteiger partial charge on any atom is 0.472 e. The summed E-state index contributed by atoms with van der Waals surface area (Å²) in [6, 6.07) is -3.21. The molecular formula is C82H151N9O34P2. The molecular weight excluding hydrogens is 1720 g/mol. The van der Waals surface area contributed by atoms with Crippen molar-refractivity contribution in [1.82, 2.24) is 46.6 Å². The van der Waals surface area contributed by atoms with Crippen LogP contribution in [0.5, 0.6) is 0 Å². The molecule has 1 aliphatic carbocycles. The number of ether oxygens (including phenoxy) is 7. The molecule has 3 heterocycles. The lowest BCUT2D eigenvalue weighted by Gasteiger charge is -2.42. The van der Waals surface area contributed by atoms with Gasteiger partial charge in [-0.2, -0.15) is 0 Å². The average molecular weight is 1870 g/mol. The SMILES string of the molecule is CC(=O)NC1C(OCCCCCC(=O)NCCCCCC(=O)N(CCO)CCOP(=O)(O)OCCN(CCOP(=O)(O)OCCN(CCOC2CCCC(C(C)C)CC2)C(=O)CCCCCNC(=O)CCCCCOC2OC(CO)C(O)C(O)C2NC(C)=O)C(=O)CCCCCNC(=O)CCCCCOC2OC(CO)C(O)C(O)C2NC(C)=O)OC(CO)C(O)C1O. The van der Waals surface area contributed by atoms with Gasteiger partial charge in [-0.1, -0.05) is 65.2 Å². The number of aliphatic hydroxyl groups is 10. The highest BCUT2D eigenvalue weighted by Crippen LogP contribution is 2.44. The molecule has 0 aromatic rings. The third kappa shape index (κ3) is 46.8. The van der Waals surface area contributed by atoms with Crippen molar-refractivity contribution in [3.05, 3.63) is 0 Å². The largest absolute Gasteiger partial charge is 0.472 e. The maximum atomic E-state index is 13.9. The lowest BCUT2D eigenvalue weighted by molar-refractivity contribution is -0.270. The number of aliphatic hydroxyl groups excluding tert-OH is 10. The zero-order valence-corrected chi connectivity index (χ0v) is 76.6. The summed E-state index contributed by atoms with van der Waals surface area (Å²) in [4.78, 5) is 140. The van der Waals surface area contributed by atoms with E-state index in [0.29, 0.717) is 141 Å². The Morgan fingerprint density at radius 2 is 0.661 bits per heavy atom. The van der Waals surface area contributed by atoms with Gasteiger partial charge >= 0.3 is 15.6 Å². The quantitative estimate of drug-likeness (QED) is 0.0216. The van der Waals surface area contributed by atoms with Gasteiger partial charge in [0, 0.05) is 138 Å². The fourth-order valence-electron chi connectivity index (χ4n) is 15.1. The van der Waals surface area contributed by atoms with E-state index in [4.69, 9.17) is 51.3 Å². The van der Waals surface area contributed by atoms with Crippen LogP contribution in [0.25, 0.3) is 0 Å². The number of nitrogens with one attached hydrogen (secondary N) is 6.